The van der Waals surface area contributed by atoms with Crippen LogP contribution in [0.4, 0.5) is 11.6 Å². The van der Waals surface area contributed by atoms with Crippen LogP contribution in [0.1, 0.15) is 50.0 Å². The predicted molar refractivity (Wildman–Crippen MR) is 102 cm³/mol. The van der Waals surface area contributed by atoms with E-state index < -0.39 is 0 Å². The highest BCUT2D eigenvalue weighted by molar-refractivity contribution is 5.92. The maximum atomic E-state index is 12.8. The lowest BCUT2D eigenvalue weighted by Gasteiger charge is -2.20. The zero-order valence-corrected chi connectivity index (χ0v) is 15.4. The molecule has 1 aliphatic rings. The third kappa shape index (κ3) is 4.71. The minimum atomic E-state index is -0.0240. The molecule has 1 saturated heterocycles. The van der Waals surface area contributed by atoms with Crippen LogP contribution in [0.5, 0.6) is 5.75 Å². The molecule has 138 valence electrons. The molecule has 0 bridgehead atoms. The number of likely N-dealkylation sites (tertiary alicyclic amines) is 1. The Morgan fingerprint density at radius 3 is 2.58 bits per heavy atom. The lowest BCUT2D eigenvalue weighted by molar-refractivity contribution is 0.0755. The molecule has 3 rings (SSSR count). The Morgan fingerprint density at radius 2 is 1.85 bits per heavy atom. The fraction of sp³-hybridized carbons (Fsp3) is 0.450. The molecular weight excluding hydrogens is 328 g/mol. The van der Waals surface area contributed by atoms with Gasteiger partial charge < -0.3 is 15.0 Å². The molecule has 6 nitrogen and oxygen atoms in total. The number of para-hydroxylation sites is 2. The minimum absolute atomic E-state index is 0.0240. The van der Waals surface area contributed by atoms with Crippen molar-refractivity contribution in [1.82, 2.24) is 14.9 Å². The van der Waals surface area contributed by atoms with Gasteiger partial charge in [-0.2, -0.15) is 0 Å². The van der Waals surface area contributed by atoms with Crippen molar-refractivity contribution in [2.45, 2.75) is 45.6 Å². The van der Waals surface area contributed by atoms with Crippen molar-refractivity contribution in [2.24, 2.45) is 0 Å². The Morgan fingerprint density at radius 1 is 1.12 bits per heavy atom. The third-order valence-electron chi connectivity index (χ3n) is 4.26. The standard InChI is InChI=1S/C20H26N4O2/c1-15(2)26-18-10-6-5-9-16(18)22-20-21-12-11-17(23-20)19(25)24-13-7-3-4-8-14-24/h5-6,9-12,15H,3-4,7-8,13-14H2,1-2H3,(H,21,22,23). The summed E-state index contributed by atoms with van der Waals surface area (Å²) in [6.07, 6.45) is 6.17. The maximum absolute atomic E-state index is 12.8. The molecular formula is C20H26N4O2. The second-order valence-electron chi connectivity index (χ2n) is 6.76. The van der Waals surface area contributed by atoms with Gasteiger partial charge in [0.2, 0.25) is 5.95 Å². The molecule has 0 atom stereocenters. The Hall–Kier alpha value is -2.63. The van der Waals surface area contributed by atoms with Crippen LogP contribution in [0.25, 0.3) is 0 Å². The van der Waals surface area contributed by atoms with Crippen molar-refractivity contribution >= 4 is 17.5 Å². The summed E-state index contributed by atoms with van der Waals surface area (Å²) in [6.45, 7) is 5.56. The van der Waals surface area contributed by atoms with Gasteiger partial charge in [0, 0.05) is 19.3 Å². The number of anilines is 2. The molecule has 1 aromatic heterocycles. The van der Waals surface area contributed by atoms with Gasteiger partial charge >= 0.3 is 0 Å². The van der Waals surface area contributed by atoms with Gasteiger partial charge in [-0.3, -0.25) is 4.79 Å². The van der Waals surface area contributed by atoms with Gasteiger partial charge in [0.25, 0.3) is 5.91 Å². The summed E-state index contributed by atoms with van der Waals surface area (Å²) < 4.78 is 5.81. The lowest BCUT2D eigenvalue weighted by atomic mass is 10.2. The number of nitrogens with one attached hydrogen (secondary N) is 1. The number of amides is 1. The van der Waals surface area contributed by atoms with Gasteiger partial charge in [-0.05, 0) is 44.9 Å². The van der Waals surface area contributed by atoms with Crippen LogP contribution in [-0.2, 0) is 0 Å². The van der Waals surface area contributed by atoms with E-state index in [4.69, 9.17) is 4.74 Å². The molecule has 0 saturated carbocycles. The van der Waals surface area contributed by atoms with E-state index in [2.05, 4.69) is 15.3 Å². The monoisotopic (exact) mass is 354 g/mol. The Balaban J connectivity index is 1.76. The number of benzene rings is 1. The fourth-order valence-corrected chi connectivity index (χ4v) is 3.02. The normalized spacial score (nSPS) is 14.8. The Bertz CT molecular complexity index is 740. The second kappa shape index (κ2) is 8.65. The van der Waals surface area contributed by atoms with Gasteiger partial charge in [-0.15, -0.1) is 0 Å². The van der Waals surface area contributed by atoms with Gasteiger partial charge in [-0.25, -0.2) is 9.97 Å². The molecule has 0 spiro atoms. The number of carbonyl (C=O) groups excluding carboxylic acids is 1. The van der Waals surface area contributed by atoms with Crippen molar-refractivity contribution in [3.63, 3.8) is 0 Å². The topological polar surface area (TPSA) is 67.3 Å². The first-order chi connectivity index (χ1) is 12.6. The Kier molecular flexibility index (Phi) is 6.04. The zero-order chi connectivity index (χ0) is 18.4. The third-order valence-corrected chi connectivity index (χ3v) is 4.26. The van der Waals surface area contributed by atoms with E-state index in [0.717, 1.165) is 37.4 Å². The summed E-state index contributed by atoms with van der Waals surface area (Å²) in [5.41, 5.74) is 1.20. The van der Waals surface area contributed by atoms with E-state index in [9.17, 15) is 4.79 Å². The highest BCUT2D eigenvalue weighted by Gasteiger charge is 2.19. The number of aromatic nitrogens is 2. The fourth-order valence-electron chi connectivity index (χ4n) is 3.02. The second-order valence-corrected chi connectivity index (χ2v) is 6.76. The molecule has 1 amide bonds. The molecule has 1 aromatic carbocycles. The smallest absolute Gasteiger partial charge is 0.272 e. The molecule has 6 heteroatoms. The lowest BCUT2D eigenvalue weighted by Crippen LogP contribution is -2.32. The summed E-state index contributed by atoms with van der Waals surface area (Å²) in [5, 5.41) is 3.17. The molecule has 0 unspecified atom stereocenters. The molecule has 2 heterocycles. The van der Waals surface area contributed by atoms with Gasteiger partial charge in [0.05, 0.1) is 11.8 Å². The molecule has 2 aromatic rings. The number of rotatable bonds is 5. The van der Waals surface area contributed by atoms with E-state index >= 15 is 0 Å². The largest absolute Gasteiger partial charge is 0.489 e. The average Bonchev–Trinajstić information content (AvgIpc) is 2.92. The highest BCUT2D eigenvalue weighted by atomic mass is 16.5. The van der Waals surface area contributed by atoms with Crippen molar-refractivity contribution in [3.05, 3.63) is 42.2 Å². The molecule has 1 N–H and O–H groups in total. The van der Waals surface area contributed by atoms with Gasteiger partial charge in [-0.1, -0.05) is 25.0 Å². The van der Waals surface area contributed by atoms with E-state index in [1.807, 2.05) is 43.0 Å². The van der Waals surface area contributed by atoms with Crippen molar-refractivity contribution in [3.8, 4) is 5.75 Å². The van der Waals surface area contributed by atoms with Crippen LogP contribution in [-0.4, -0.2) is 40.0 Å². The van der Waals surface area contributed by atoms with Crippen LogP contribution < -0.4 is 10.1 Å². The summed E-state index contributed by atoms with van der Waals surface area (Å²) in [7, 11) is 0. The highest BCUT2D eigenvalue weighted by Crippen LogP contribution is 2.27. The number of hydrogen-bond acceptors (Lipinski definition) is 5. The first-order valence-electron chi connectivity index (χ1n) is 9.28. The molecule has 0 aliphatic carbocycles. The number of carbonyl (C=O) groups is 1. The average molecular weight is 354 g/mol. The Labute approximate surface area is 154 Å². The van der Waals surface area contributed by atoms with Crippen molar-refractivity contribution < 1.29 is 9.53 Å². The number of hydrogen-bond donors (Lipinski definition) is 1. The molecule has 26 heavy (non-hydrogen) atoms. The van der Waals surface area contributed by atoms with Crippen LogP contribution >= 0.6 is 0 Å². The molecule has 0 radical (unpaired) electrons. The van der Waals surface area contributed by atoms with Crippen molar-refractivity contribution in [1.29, 1.82) is 0 Å². The van der Waals surface area contributed by atoms with Gasteiger partial charge in [0.1, 0.15) is 11.4 Å². The van der Waals surface area contributed by atoms with Crippen LogP contribution in [0.15, 0.2) is 36.5 Å². The molecule has 1 fully saturated rings. The first kappa shape index (κ1) is 18.2. The van der Waals surface area contributed by atoms with Crippen LogP contribution in [0.2, 0.25) is 0 Å². The number of ether oxygens (including phenoxy) is 1. The van der Waals surface area contributed by atoms with Crippen molar-refractivity contribution in [2.75, 3.05) is 18.4 Å². The van der Waals surface area contributed by atoms with Crippen LogP contribution in [0.3, 0.4) is 0 Å². The summed E-state index contributed by atoms with van der Waals surface area (Å²) in [4.78, 5) is 23.3. The van der Waals surface area contributed by atoms with E-state index in [-0.39, 0.29) is 12.0 Å². The van der Waals surface area contributed by atoms with E-state index in [1.54, 1.807) is 12.3 Å². The zero-order valence-electron chi connectivity index (χ0n) is 15.4. The van der Waals surface area contributed by atoms with E-state index in [1.165, 1.54) is 12.8 Å². The predicted octanol–water partition coefficient (Wildman–Crippen LogP) is 4.02. The van der Waals surface area contributed by atoms with Gasteiger partial charge in [0.15, 0.2) is 0 Å². The maximum Gasteiger partial charge on any atom is 0.272 e. The molecule has 1 aliphatic heterocycles. The summed E-state index contributed by atoms with van der Waals surface area (Å²) in [6, 6.07) is 9.32. The quantitative estimate of drug-likeness (QED) is 0.878. The van der Waals surface area contributed by atoms with E-state index in [0.29, 0.717) is 11.6 Å². The SMILES string of the molecule is CC(C)Oc1ccccc1Nc1nccc(C(=O)N2CCCCCC2)n1. The first-order valence-corrected chi connectivity index (χ1v) is 9.28. The number of nitrogens with zero attached hydrogens (tertiary/aromatic N) is 3. The van der Waals surface area contributed by atoms with Crippen LogP contribution in [0, 0.1) is 0 Å². The summed E-state index contributed by atoms with van der Waals surface area (Å²) >= 11 is 0. The minimum Gasteiger partial charge on any atom is -0.489 e. The summed E-state index contributed by atoms with van der Waals surface area (Å²) in [5.74, 6) is 1.10.